The number of esters is 1. The van der Waals surface area contributed by atoms with Crippen LogP contribution in [0, 0.1) is 0 Å². The molecule has 0 saturated heterocycles. The summed E-state index contributed by atoms with van der Waals surface area (Å²) >= 11 is 0. The molecule has 2 N–H and O–H groups in total. The first kappa shape index (κ1) is 14.4. The van der Waals surface area contributed by atoms with E-state index in [1.807, 2.05) is 0 Å². The number of ether oxygens (including phenoxy) is 2. The lowest BCUT2D eigenvalue weighted by Gasteiger charge is -2.09. The first-order valence-electron chi connectivity index (χ1n) is 4.83. The molecule has 18 heavy (non-hydrogen) atoms. The van der Waals surface area contributed by atoms with Gasteiger partial charge in [0.1, 0.15) is 17.3 Å². The van der Waals surface area contributed by atoms with Gasteiger partial charge in [-0.1, -0.05) is 0 Å². The van der Waals surface area contributed by atoms with Crippen molar-refractivity contribution < 1.29 is 32.3 Å². The number of aliphatic hydroxyl groups excluding tert-OH is 1. The second-order valence-electron chi connectivity index (χ2n) is 3.20. The van der Waals surface area contributed by atoms with Gasteiger partial charge in [0, 0.05) is 0 Å². The van der Waals surface area contributed by atoms with Gasteiger partial charge in [0.25, 0.3) is 10.1 Å². The number of hydrogen-bond acceptors (Lipinski definition) is 6. The number of hydrogen-bond donors (Lipinski definition) is 2. The number of carbonyl (C=O) groups excluding carboxylic acids is 1. The summed E-state index contributed by atoms with van der Waals surface area (Å²) in [6, 6.07) is 3.42. The van der Waals surface area contributed by atoms with Crippen LogP contribution in [0.2, 0.25) is 0 Å². The molecule has 8 heteroatoms. The molecule has 0 unspecified atom stereocenters. The van der Waals surface area contributed by atoms with E-state index in [1.54, 1.807) is 0 Å². The highest BCUT2D eigenvalue weighted by atomic mass is 32.2. The Labute approximate surface area is 104 Å². The predicted molar refractivity (Wildman–Crippen MR) is 60.2 cm³/mol. The van der Waals surface area contributed by atoms with Gasteiger partial charge in [0.05, 0.1) is 19.3 Å². The SMILES string of the molecule is COC(=O)c1ccc(OCCO)c(S(=O)(=O)O)c1. The molecule has 0 atom stereocenters. The van der Waals surface area contributed by atoms with Gasteiger partial charge in [-0.3, -0.25) is 4.55 Å². The van der Waals surface area contributed by atoms with Gasteiger partial charge in [0.2, 0.25) is 0 Å². The van der Waals surface area contributed by atoms with Crippen LogP contribution in [0.25, 0.3) is 0 Å². The van der Waals surface area contributed by atoms with E-state index in [4.69, 9.17) is 14.4 Å². The van der Waals surface area contributed by atoms with Gasteiger partial charge in [-0.05, 0) is 18.2 Å². The molecule has 0 aliphatic rings. The Morgan fingerprint density at radius 2 is 2.06 bits per heavy atom. The fraction of sp³-hybridized carbons (Fsp3) is 0.300. The maximum atomic E-state index is 11.2. The maximum absolute atomic E-state index is 11.2. The molecule has 0 fully saturated rings. The normalized spacial score (nSPS) is 11.1. The van der Waals surface area contributed by atoms with Crippen molar-refractivity contribution in [3.8, 4) is 5.75 Å². The maximum Gasteiger partial charge on any atom is 0.337 e. The van der Waals surface area contributed by atoms with Crippen LogP contribution in [-0.2, 0) is 14.9 Å². The fourth-order valence-corrected chi connectivity index (χ4v) is 1.89. The molecule has 0 bridgehead atoms. The lowest BCUT2D eigenvalue weighted by atomic mass is 10.2. The molecule has 0 aliphatic heterocycles. The zero-order valence-corrected chi connectivity index (χ0v) is 10.3. The number of carbonyl (C=O) groups is 1. The third-order valence-electron chi connectivity index (χ3n) is 1.99. The molecule has 100 valence electrons. The summed E-state index contributed by atoms with van der Waals surface area (Å²) < 4.78 is 40.7. The van der Waals surface area contributed by atoms with Crippen molar-refractivity contribution in [3.63, 3.8) is 0 Å². The fourth-order valence-electron chi connectivity index (χ4n) is 1.23. The second-order valence-corrected chi connectivity index (χ2v) is 4.59. The predicted octanol–water partition coefficient (Wildman–Crippen LogP) is 0.0910. The Balaban J connectivity index is 3.25. The van der Waals surface area contributed by atoms with E-state index in [0.29, 0.717) is 0 Å². The van der Waals surface area contributed by atoms with Crippen molar-refractivity contribution in [3.05, 3.63) is 23.8 Å². The Kier molecular flexibility index (Phi) is 4.65. The highest BCUT2D eigenvalue weighted by Crippen LogP contribution is 2.25. The van der Waals surface area contributed by atoms with Crippen LogP contribution in [0.1, 0.15) is 10.4 Å². The summed E-state index contributed by atoms with van der Waals surface area (Å²) in [5, 5.41) is 8.59. The van der Waals surface area contributed by atoms with E-state index in [9.17, 15) is 13.2 Å². The standard InChI is InChI=1S/C10H12O7S/c1-16-10(12)7-2-3-8(17-5-4-11)9(6-7)18(13,14)15/h2-3,6,11H,4-5H2,1H3,(H,13,14,15). The van der Waals surface area contributed by atoms with Crippen molar-refractivity contribution in [1.29, 1.82) is 0 Å². The Bertz CT molecular complexity index is 535. The van der Waals surface area contributed by atoms with E-state index >= 15 is 0 Å². The van der Waals surface area contributed by atoms with Gasteiger partial charge in [-0.25, -0.2) is 4.79 Å². The summed E-state index contributed by atoms with van der Waals surface area (Å²) in [6.45, 7) is -0.455. The zero-order valence-electron chi connectivity index (χ0n) is 9.49. The van der Waals surface area contributed by atoms with Crippen LogP contribution in [-0.4, -0.2) is 44.4 Å². The van der Waals surface area contributed by atoms with E-state index < -0.39 is 21.0 Å². The molecule has 0 amide bonds. The third kappa shape index (κ3) is 3.42. The summed E-state index contributed by atoms with van der Waals surface area (Å²) in [6.07, 6.45) is 0. The molecule has 1 rings (SSSR count). The Morgan fingerprint density at radius 3 is 2.56 bits per heavy atom. The molecule has 0 spiro atoms. The smallest absolute Gasteiger partial charge is 0.337 e. The van der Waals surface area contributed by atoms with Crippen LogP contribution in [0.5, 0.6) is 5.75 Å². The highest BCUT2D eigenvalue weighted by molar-refractivity contribution is 7.86. The quantitative estimate of drug-likeness (QED) is 0.579. The number of benzene rings is 1. The minimum absolute atomic E-state index is 0.0403. The topological polar surface area (TPSA) is 110 Å². The number of rotatable bonds is 5. The summed E-state index contributed by atoms with van der Waals surface area (Å²) in [4.78, 5) is 10.7. The van der Waals surface area contributed by atoms with Gasteiger partial charge in [-0.2, -0.15) is 8.42 Å². The lowest BCUT2D eigenvalue weighted by molar-refractivity contribution is 0.0600. The van der Waals surface area contributed by atoms with Crippen molar-refractivity contribution in [2.24, 2.45) is 0 Å². The average molecular weight is 276 g/mol. The minimum atomic E-state index is -4.54. The summed E-state index contributed by atoms with van der Waals surface area (Å²) in [5.41, 5.74) is -0.0403. The first-order valence-corrected chi connectivity index (χ1v) is 6.27. The van der Waals surface area contributed by atoms with E-state index in [-0.39, 0.29) is 24.5 Å². The Hall–Kier alpha value is -1.64. The Morgan fingerprint density at radius 1 is 1.39 bits per heavy atom. The van der Waals surface area contributed by atoms with Crippen molar-refractivity contribution in [2.45, 2.75) is 4.90 Å². The van der Waals surface area contributed by atoms with Crippen LogP contribution in [0.3, 0.4) is 0 Å². The largest absolute Gasteiger partial charge is 0.490 e. The van der Waals surface area contributed by atoms with E-state index in [2.05, 4.69) is 4.74 Å². The molecule has 1 aromatic rings. The van der Waals surface area contributed by atoms with Crippen molar-refractivity contribution in [2.75, 3.05) is 20.3 Å². The van der Waals surface area contributed by atoms with Gasteiger partial charge < -0.3 is 14.6 Å². The highest BCUT2D eigenvalue weighted by Gasteiger charge is 2.19. The van der Waals surface area contributed by atoms with Crippen LogP contribution in [0.4, 0.5) is 0 Å². The molecule has 0 heterocycles. The number of methoxy groups -OCH3 is 1. The van der Waals surface area contributed by atoms with Crippen LogP contribution < -0.4 is 4.74 Å². The van der Waals surface area contributed by atoms with Crippen molar-refractivity contribution in [1.82, 2.24) is 0 Å². The minimum Gasteiger partial charge on any atom is -0.490 e. The van der Waals surface area contributed by atoms with Crippen molar-refractivity contribution >= 4 is 16.1 Å². The second kappa shape index (κ2) is 5.80. The molecule has 0 saturated carbocycles. The van der Waals surface area contributed by atoms with Gasteiger partial charge in [-0.15, -0.1) is 0 Å². The molecule has 1 aromatic carbocycles. The summed E-state index contributed by atoms with van der Waals surface area (Å²) in [5.74, 6) is -0.896. The molecule has 0 aromatic heterocycles. The van der Waals surface area contributed by atoms with Crippen LogP contribution in [0.15, 0.2) is 23.1 Å². The molecule has 7 nitrogen and oxygen atoms in total. The van der Waals surface area contributed by atoms with Gasteiger partial charge in [0.15, 0.2) is 0 Å². The molecule has 0 radical (unpaired) electrons. The van der Waals surface area contributed by atoms with Gasteiger partial charge >= 0.3 is 5.97 Å². The third-order valence-corrected chi connectivity index (χ3v) is 2.87. The van der Waals surface area contributed by atoms with E-state index in [1.165, 1.54) is 12.1 Å². The molecular weight excluding hydrogens is 264 g/mol. The molecular formula is C10H12O7S. The lowest BCUT2D eigenvalue weighted by Crippen LogP contribution is -2.09. The summed E-state index contributed by atoms with van der Waals surface area (Å²) in [7, 11) is -3.40. The monoisotopic (exact) mass is 276 g/mol. The number of aliphatic hydroxyl groups is 1. The van der Waals surface area contributed by atoms with E-state index in [0.717, 1.165) is 13.2 Å². The average Bonchev–Trinajstić information content (AvgIpc) is 2.34. The zero-order chi connectivity index (χ0) is 13.8. The first-order chi connectivity index (χ1) is 8.40. The van der Waals surface area contributed by atoms with Crippen LogP contribution >= 0.6 is 0 Å². The molecule has 0 aliphatic carbocycles.